The monoisotopic (exact) mass is 391 g/mol. The number of rotatable bonds is 3. The number of aromatic nitrogens is 3. The highest BCUT2D eigenvalue weighted by atomic mass is 19.1. The predicted molar refractivity (Wildman–Crippen MR) is 106 cm³/mol. The van der Waals surface area contributed by atoms with Crippen LogP contribution >= 0.6 is 0 Å². The maximum absolute atomic E-state index is 13.2. The van der Waals surface area contributed by atoms with E-state index in [0.29, 0.717) is 40.3 Å². The second kappa shape index (κ2) is 6.44. The number of nitrogen functional groups attached to an aromatic ring is 1. The standard InChI is InChI=1S/C21H18FN5O2/c1-26(18-10-29-19-6-12(8-22)2-4-14(18)19)21(28)13-3-5-15-16(7-13)27-11-24-9-17(27)20(23)25-15/h2-7,9,11,18H,8,10H2,1H3,(H2,23,25)/t18-/m1/s1. The van der Waals surface area contributed by atoms with Gasteiger partial charge in [-0.2, -0.15) is 0 Å². The Morgan fingerprint density at radius 1 is 1.31 bits per heavy atom. The highest BCUT2D eigenvalue weighted by molar-refractivity contribution is 5.98. The molecule has 2 aromatic heterocycles. The second-order valence-electron chi connectivity index (χ2n) is 7.10. The average Bonchev–Trinajstić information content (AvgIpc) is 3.40. The molecule has 0 unspecified atom stereocenters. The Kier molecular flexibility index (Phi) is 3.87. The number of likely N-dealkylation sites (N-methyl/N-ethyl adjacent to an activating group) is 1. The minimum atomic E-state index is -0.547. The molecule has 1 atom stereocenters. The van der Waals surface area contributed by atoms with Crippen molar-refractivity contribution in [2.75, 3.05) is 19.4 Å². The summed E-state index contributed by atoms with van der Waals surface area (Å²) in [5.41, 5.74) is 10.1. The first kappa shape index (κ1) is 17.4. The van der Waals surface area contributed by atoms with Crippen LogP contribution < -0.4 is 10.5 Å². The van der Waals surface area contributed by atoms with Gasteiger partial charge in [0.2, 0.25) is 0 Å². The van der Waals surface area contributed by atoms with E-state index in [0.717, 1.165) is 11.1 Å². The van der Waals surface area contributed by atoms with Gasteiger partial charge in [0.25, 0.3) is 5.91 Å². The highest BCUT2D eigenvalue weighted by Gasteiger charge is 2.31. The molecule has 0 spiro atoms. The summed E-state index contributed by atoms with van der Waals surface area (Å²) in [6.07, 6.45) is 3.29. The lowest BCUT2D eigenvalue weighted by Crippen LogP contribution is -2.32. The first-order chi connectivity index (χ1) is 14.1. The molecule has 1 aliphatic heterocycles. The molecular weight excluding hydrogens is 373 g/mol. The number of hydrogen-bond donors (Lipinski definition) is 1. The fourth-order valence-electron chi connectivity index (χ4n) is 3.79. The Morgan fingerprint density at radius 3 is 3.00 bits per heavy atom. The molecule has 0 saturated carbocycles. The summed E-state index contributed by atoms with van der Waals surface area (Å²) >= 11 is 0. The van der Waals surface area contributed by atoms with Gasteiger partial charge in [-0.15, -0.1) is 0 Å². The molecule has 29 heavy (non-hydrogen) atoms. The molecule has 4 aromatic rings. The van der Waals surface area contributed by atoms with Crippen molar-refractivity contribution >= 4 is 28.3 Å². The van der Waals surface area contributed by atoms with E-state index < -0.39 is 6.67 Å². The van der Waals surface area contributed by atoms with Crippen LogP contribution in [0.2, 0.25) is 0 Å². The number of nitrogens with two attached hydrogens (primary N) is 1. The molecule has 1 amide bonds. The van der Waals surface area contributed by atoms with Crippen LogP contribution in [-0.2, 0) is 6.67 Å². The van der Waals surface area contributed by atoms with E-state index in [2.05, 4.69) is 9.97 Å². The maximum Gasteiger partial charge on any atom is 0.254 e. The van der Waals surface area contributed by atoms with Crippen LogP contribution in [0.5, 0.6) is 5.75 Å². The summed E-state index contributed by atoms with van der Waals surface area (Å²) in [6, 6.07) is 10.3. The number of alkyl halides is 1. The number of fused-ring (bicyclic) bond motifs is 4. The summed E-state index contributed by atoms with van der Waals surface area (Å²) in [5, 5.41) is 0. The molecule has 0 saturated heterocycles. The minimum Gasteiger partial charge on any atom is -0.491 e. The number of nitrogens with zero attached hydrogens (tertiary/aromatic N) is 4. The summed E-state index contributed by atoms with van der Waals surface area (Å²) in [6.45, 7) is -0.209. The number of halogens is 1. The Bertz CT molecular complexity index is 1270. The summed E-state index contributed by atoms with van der Waals surface area (Å²) < 4.78 is 20.4. The van der Waals surface area contributed by atoms with Crippen LogP contribution in [-0.4, -0.2) is 38.8 Å². The zero-order valence-electron chi connectivity index (χ0n) is 15.7. The van der Waals surface area contributed by atoms with Gasteiger partial charge in [0.15, 0.2) is 0 Å². The van der Waals surface area contributed by atoms with Crippen molar-refractivity contribution in [3.05, 3.63) is 65.6 Å². The van der Waals surface area contributed by atoms with E-state index >= 15 is 0 Å². The van der Waals surface area contributed by atoms with Gasteiger partial charge in [-0.1, -0.05) is 12.1 Å². The van der Waals surface area contributed by atoms with Gasteiger partial charge in [0.05, 0.1) is 29.6 Å². The molecule has 0 radical (unpaired) electrons. The highest BCUT2D eigenvalue weighted by Crippen LogP contribution is 2.37. The summed E-state index contributed by atoms with van der Waals surface area (Å²) in [4.78, 5) is 23.4. The Labute approximate surface area is 165 Å². The zero-order chi connectivity index (χ0) is 20.1. The molecule has 0 fully saturated rings. The van der Waals surface area contributed by atoms with Crippen LogP contribution in [0.4, 0.5) is 10.2 Å². The van der Waals surface area contributed by atoms with Crippen LogP contribution in [0.25, 0.3) is 16.6 Å². The SMILES string of the molecule is CN(C(=O)c1ccc2nc(N)c3cncn3c2c1)[C@@H]1COc2cc(CF)ccc21. The van der Waals surface area contributed by atoms with E-state index in [1.165, 1.54) is 0 Å². The van der Waals surface area contributed by atoms with Gasteiger partial charge in [-0.3, -0.25) is 9.20 Å². The van der Waals surface area contributed by atoms with Crippen LogP contribution in [0.15, 0.2) is 48.9 Å². The van der Waals surface area contributed by atoms with Gasteiger partial charge in [0, 0.05) is 18.2 Å². The van der Waals surface area contributed by atoms with Crippen molar-refractivity contribution in [3.63, 3.8) is 0 Å². The second-order valence-corrected chi connectivity index (χ2v) is 7.10. The van der Waals surface area contributed by atoms with Crippen molar-refractivity contribution in [2.45, 2.75) is 12.7 Å². The molecule has 7 nitrogen and oxygen atoms in total. The lowest BCUT2D eigenvalue weighted by molar-refractivity contribution is 0.0708. The largest absolute Gasteiger partial charge is 0.491 e. The Balaban J connectivity index is 1.51. The average molecular weight is 391 g/mol. The van der Waals surface area contributed by atoms with Gasteiger partial charge in [-0.05, 0) is 29.8 Å². The van der Waals surface area contributed by atoms with Gasteiger partial charge < -0.3 is 15.4 Å². The lowest BCUT2D eigenvalue weighted by atomic mass is 10.0. The fourth-order valence-corrected chi connectivity index (χ4v) is 3.79. The molecule has 8 heteroatoms. The van der Waals surface area contributed by atoms with Crippen LogP contribution in [0.3, 0.4) is 0 Å². The van der Waals surface area contributed by atoms with E-state index in [1.54, 1.807) is 54.8 Å². The molecule has 2 aromatic carbocycles. The lowest BCUT2D eigenvalue weighted by Gasteiger charge is -2.24. The maximum atomic E-state index is 13.2. The minimum absolute atomic E-state index is 0.145. The molecule has 146 valence electrons. The summed E-state index contributed by atoms with van der Waals surface area (Å²) in [5.74, 6) is 0.870. The molecule has 5 rings (SSSR count). The number of carbonyl (C=O) groups excluding carboxylic acids is 1. The Morgan fingerprint density at radius 2 is 2.17 bits per heavy atom. The van der Waals surface area contributed by atoms with E-state index in [4.69, 9.17) is 10.5 Å². The zero-order valence-corrected chi connectivity index (χ0v) is 15.7. The normalized spacial score (nSPS) is 15.4. The third-order valence-corrected chi connectivity index (χ3v) is 5.40. The predicted octanol–water partition coefficient (Wildman–Crippen LogP) is 3.14. The summed E-state index contributed by atoms with van der Waals surface area (Å²) in [7, 11) is 1.74. The Hall–Kier alpha value is -3.68. The topological polar surface area (TPSA) is 85.8 Å². The quantitative estimate of drug-likeness (QED) is 0.580. The number of benzene rings is 2. The molecular formula is C21H18FN5O2. The molecule has 2 N–H and O–H groups in total. The van der Waals surface area contributed by atoms with E-state index in [1.807, 2.05) is 10.5 Å². The van der Waals surface area contributed by atoms with Crippen molar-refractivity contribution in [3.8, 4) is 5.75 Å². The van der Waals surface area contributed by atoms with Crippen LogP contribution in [0, 0.1) is 0 Å². The van der Waals surface area contributed by atoms with Crippen molar-refractivity contribution in [1.29, 1.82) is 0 Å². The van der Waals surface area contributed by atoms with Gasteiger partial charge >= 0.3 is 0 Å². The first-order valence-electron chi connectivity index (χ1n) is 9.17. The van der Waals surface area contributed by atoms with E-state index in [9.17, 15) is 9.18 Å². The first-order valence-corrected chi connectivity index (χ1v) is 9.17. The molecule has 3 heterocycles. The van der Waals surface area contributed by atoms with Gasteiger partial charge in [0.1, 0.15) is 30.4 Å². The number of ether oxygens (including phenoxy) is 1. The number of imidazole rings is 1. The number of carbonyl (C=O) groups is 1. The van der Waals surface area contributed by atoms with Crippen LogP contribution in [0.1, 0.15) is 27.5 Å². The fraction of sp³-hybridized carbons (Fsp3) is 0.190. The van der Waals surface area contributed by atoms with Crippen molar-refractivity contribution in [2.24, 2.45) is 0 Å². The number of hydrogen-bond acceptors (Lipinski definition) is 5. The third-order valence-electron chi connectivity index (χ3n) is 5.40. The molecule has 0 aliphatic carbocycles. The van der Waals surface area contributed by atoms with Gasteiger partial charge in [-0.25, -0.2) is 14.4 Å². The number of anilines is 1. The van der Waals surface area contributed by atoms with E-state index in [-0.39, 0.29) is 11.9 Å². The molecule has 1 aliphatic rings. The van der Waals surface area contributed by atoms with Crippen molar-refractivity contribution in [1.82, 2.24) is 19.3 Å². The third kappa shape index (κ3) is 2.67. The number of amides is 1. The smallest absolute Gasteiger partial charge is 0.254 e. The molecule has 0 bridgehead atoms. The van der Waals surface area contributed by atoms with Crippen molar-refractivity contribution < 1.29 is 13.9 Å².